The zero-order chi connectivity index (χ0) is 22.8. The highest BCUT2D eigenvalue weighted by atomic mass is 35.5. The van der Waals surface area contributed by atoms with Crippen LogP contribution < -0.4 is 20.3 Å². The summed E-state index contributed by atoms with van der Waals surface area (Å²) in [6.07, 6.45) is 0.116. The largest absolute Gasteiger partial charge is 0.497 e. The Morgan fingerprint density at radius 2 is 1.91 bits per heavy atom. The van der Waals surface area contributed by atoms with Crippen LogP contribution in [0.15, 0.2) is 52.4 Å². The number of thioether (sulfide) groups is 1. The molecule has 1 unspecified atom stereocenters. The number of anilines is 1. The molecular weight excluding hydrogens is 450 g/mol. The summed E-state index contributed by atoms with van der Waals surface area (Å²) in [6, 6.07) is 12.9. The standard InChI is InChI=1S/C23H22ClN3O4S/c1-27-21-20(22(29)26-23(27)32-12-13-4-6-14(24)7-5-13)17(11-19(28)25-21)16-10-15(30-2)8-9-18(16)31-3/h4-10,17H,11-12H2,1-3H3,(H,25,28). The van der Waals surface area contributed by atoms with Crippen LogP contribution in [-0.2, 0) is 17.6 Å². The first-order valence-corrected chi connectivity index (χ1v) is 11.3. The fraction of sp³-hybridized carbons (Fsp3) is 0.261. The van der Waals surface area contributed by atoms with Crippen molar-refractivity contribution >= 4 is 35.1 Å². The van der Waals surface area contributed by atoms with Gasteiger partial charge < -0.3 is 19.4 Å². The molecule has 2 heterocycles. The van der Waals surface area contributed by atoms with E-state index in [1.807, 2.05) is 24.3 Å². The van der Waals surface area contributed by atoms with Crippen molar-refractivity contribution in [1.29, 1.82) is 0 Å². The average Bonchev–Trinajstić information content (AvgIpc) is 2.80. The van der Waals surface area contributed by atoms with Crippen LogP contribution in [0.25, 0.3) is 0 Å². The van der Waals surface area contributed by atoms with E-state index in [2.05, 4.69) is 10.3 Å². The second-order valence-corrected chi connectivity index (χ2v) is 8.73. The summed E-state index contributed by atoms with van der Waals surface area (Å²) >= 11 is 7.37. The van der Waals surface area contributed by atoms with Crippen molar-refractivity contribution < 1.29 is 14.3 Å². The molecule has 1 aliphatic rings. The van der Waals surface area contributed by atoms with E-state index in [0.717, 1.165) is 5.56 Å². The summed E-state index contributed by atoms with van der Waals surface area (Å²) in [4.78, 5) is 30.1. The Bertz CT molecular complexity index is 1230. The number of rotatable bonds is 6. The van der Waals surface area contributed by atoms with Gasteiger partial charge in [0.1, 0.15) is 17.3 Å². The predicted octanol–water partition coefficient (Wildman–Crippen LogP) is 4.22. The van der Waals surface area contributed by atoms with E-state index >= 15 is 0 Å². The lowest BCUT2D eigenvalue weighted by Crippen LogP contribution is -2.33. The lowest BCUT2D eigenvalue weighted by Gasteiger charge is -2.28. The van der Waals surface area contributed by atoms with E-state index < -0.39 is 5.92 Å². The third-order valence-electron chi connectivity index (χ3n) is 5.39. The van der Waals surface area contributed by atoms with Crippen molar-refractivity contribution in [2.75, 3.05) is 19.5 Å². The maximum Gasteiger partial charge on any atom is 0.279 e. The number of amides is 1. The van der Waals surface area contributed by atoms with Gasteiger partial charge in [-0.3, -0.25) is 9.59 Å². The summed E-state index contributed by atoms with van der Waals surface area (Å²) in [5.41, 5.74) is 1.83. The highest BCUT2D eigenvalue weighted by Crippen LogP contribution is 2.41. The molecule has 0 aliphatic carbocycles. The predicted molar refractivity (Wildman–Crippen MR) is 125 cm³/mol. The number of carbonyl (C=O) groups is 1. The van der Waals surface area contributed by atoms with Crippen LogP contribution in [0, 0.1) is 0 Å². The molecule has 1 atom stereocenters. The summed E-state index contributed by atoms with van der Waals surface area (Å²) in [5, 5.41) is 4.04. The number of aromatic nitrogens is 2. The fourth-order valence-corrected chi connectivity index (χ4v) is 4.82. The number of hydrogen-bond donors (Lipinski definition) is 1. The maximum atomic E-state index is 13.2. The smallest absolute Gasteiger partial charge is 0.279 e. The second-order valence-electron chi connectivity index (χ2n) is 7.35. The van der Waals surface area contributed by atoms with Gasteiger partial charge in [0.15, 0.2) is 5.16 Å². The lowest BCUT2D eigenvalue weighted by molar-refractivity contribution is -0.116. The molecule has 9 heteroatoms. The number of methoxy groups -OCH3 is 2. The van der Waals surface area contributed by atoms with Gasteiger partial charge in [-0.05, 0) is 35.9 Å². The minimum Gasteiger partial charge on any atom is -0.497 e. The number of ether oxygens (including phenoxy) is 2. The molecule has 1 aliphatic heterocycles. The van der Waals surface area contributed by atoms with Crippen LogP contribution in [0.3, 0.4) is 0 Å². The van der Waals surface area contributed by atoms with Crippen LogP contribution in [0.5, 0.6) is 11.5 Å². The van der Waals surface area contributed by atoms with E-state index in [4.69, 9.17) is 21.1 Å². The zero-order valence-electron chi connectivity index (χ0n) is 17.8. The van der Waals surface area contributed by atoms with Gasteiger partial charge in [0, 0.05) is 35.7 Å². The minimum absolute atomic E-state index is 0.116. The van der Waals surface area contributed by atoms with Gasteiger partial charge in [-0.1, -0.05) is 35.5 Å². The third kappa shape index (κ3) is 4.33. The highest BCUT2D eigenvalue weighted by Gasteiger charge is 2.34. The van der Waals surface area contributed by atoms with Crippen LogP contribution in [0.4, 0.5) is 5.82 Å². The molecule has 3 aromatic rings. The van der Waals surface area contributed by atoms with Gasteiger partial charge in [0.2, 0.25) is 5.91 Å². The fourth-order valence-electron chi connectivity index (χ4n) is 3.77. The SMILES string of the molecule is COc1ccc(OC)c(C2CC(=O)Nc3c2c(=O)nc(SCc2ccc(Cl)cc2)n3C)c1. The summed E-state index contributed by atoms with van der Waals surface area (Å²) in [7, 11) is 4.92. The Hall–Kier alpha value is -2.97. The van der Waals surface area contributed by atoms with Crippen molar-refractivity contribution in [3.8, 4) is 11.5 Å². The van der Waals surface area contributed by atoms with Gasteiger partial charge in [-0.2, -0.15) is 4.98 Å². The highest BCUT2D eigenvalue weighted by molar-refractivity contribution is 7.98. The van der Waals surface area contributed by atoms with Crippen LogP contribution in [-0.4, -0.2) is 29.7 Å². The Morgan fingerprint density at radius 3 is 2.59 bits per heavy atom. The Morgan fingerprint density at radius 1 is 1.16 bits per heavy atom. The first-order chi connectivity index (χ1) is 15.4. The Labute approximate surface area is 194 Å². The molecule has 0 radical (unpaired) electrons. The van der Waals surface area contributed by atoms with Gasteiger partial charge in [-0.15, -0.1) is 0 Å². The number of nitrogens with one attached hydrogen (secondary N) is 1. The zero-order valence-corrected chi connectivity index (χ0v) is 19.4. The number of carbonyl (C=O) groups excluding carboxylic acids is 1. The van der Waals surface area contributed by atoms with Crippen molar-refractivity contribution in [2.24, 2.45) is 7.05 Å². The topological polar surface area (TPSA) is 82.4 Å². The molecule has 4 rings (SSSR count). The monoisotopic (exact) mass is 471 g/mol. The summed E-state index contributed by atoms with van der Waals surface area (Å²) in [6.45, 7) is 0. The van der Waals surface area contributed by atoms with Crippen LogP contribution in [0.2, 0.25) is 5.02 Å². The Balaban J connectivity index is 1.75. The molecule has 0 bridgehead atoms. The van der Waals surface area contributed by atoms with Gasteiger partial charge in [0.25, 0.3) is 5.56 Å². The van der Waals surface area contributed by atoms with E-state index in [-0.39, 0.29) is 17.9 Å². The molecule has 0 saturated heterocycles. The molecule has 1 N–H and O–H groups in total. The van der Waals surface area contributed by atoms with Crippen molar-refractivity contribution in [2.45, 2.75) is 23.2 Å². The molecule has 0 fully saturated rings. The molecule has 166 valence electrons. The van der Waals surface area contributed by atoms with Crippen LogP contribution in [0.1, 0.15) is 29.0 Å². The first kappa shape index (κ1) is 22.2. The molecule has 32 heavy (non-hydrogen) atoms. The molecule has 1 amide bonds. The van der Waals surface area contributed by atoms with E-state index in [0.29, 0.717) is 44.4 Å². The van der Waals surface area contributed by atoms with Crippen molar-refractivity contribution in [1.82, 2.24) is 9.55 Å². The molecule has 0 spiro atoms. The number of benzene rings is 2. The molecule has 2 aromatic carbocycles. The van der Waals surface area contributed by atoms with Gasteiger partial charge >= 0.3 is 0 Å². The lowest BCUT2D eigenvalue weighted by atomic mass is 9.86. The first-order valence-electron chi connectivity index (χ1n) is 9.91. The van der Waals surface area contributed by atoms with Gasteiger partial charge in [-0.25, -0.2) is 0 Å². The second kappa shape index (κ2) is 9.26. The summed E-state index contributed by atoms with van der Waals surface area (Å²) < 4.78 is 12.6. The van der Waals surface area contributed by atoms with Gasteiger partial charge in [0.05, 0.1) is 19.8 Å². The third-order valence-corrected chi connectivity index (χ3v) is 6.75. The molecular formula is C23H22ClN3O4S. The van der Waals surface area contributed by atoms with E-state index in [1.54, 1.807) is 44.0 Å². The molecule has 7 nitrogen and oxygen atoms in total. The minimum atomic E-state index is -0.495. The normalized spacial score (nSPS) is 15.1. The molecule has 1 aromatic heterocycles. The molecule has 0 saturated carbocycles. The number of fused-ring (bicyclic) bond motifs is 1. The van der Waals surface area contributed by atoms with Crippen molar-refractivity contribution in [3.05, 3.63) is 74.5 Å². The number of halogens is 1. The average molecular weight is 472 g/mol. The number of nitrogens with zero attached hydrogens (tertiary/aromatic N) is 2. The number of hydrogen-bond acceptors (Lipinski definition) is 6. The quantitative estimate of drug-likeness (QED) is 0.428. The summed E-state index contributed by atoms with van der Waals surface area (Å²) in [5.74, 6) is 1.59. The van der Waals surface area contributed by atoms with Crippen LogP contribution >= 0.6 is 23.4 Å². The Kier molecular flexibility index (Phi) is 6.43. The van der Waals surface area contributed by atoms with Crippen molar-refractivity contribution in [3.63, 3.8) is 0 Å². The van der Waals surface area contributed by atoms with E-state index in [9.17, 15) is 9.59 Å². The maximum absolute atomic E-state index is 13.2. The van der Waals surface area contributed by atoms with E-state index in [1.165, 1.54) is 11.8 Å².